The van der Waals surface area contributed by atoms with Crippen LogP contribution in [0, 0.1) is 0 Å². The quantitative estimate of drug-likeness (QED) is 0.185. The highest BCUT2D eigenvalue weighted by Gasteiger charge is 2.52. The SMILES string of the molecule is O=C1c2ccccc2Cc2cc3c(cc21)C1(c2ccccc2-c2cc(N(c4ccccc4)c4cccc(-c5ccccc5)c4)ccc21)c1ccccc1-3. The molecule has 2 heteroatoms. The van der Waals surface area contributed by atoms with E-state index in [2.05, 4.69) is 175 Å². The highest BCUT2D eigenvalue weighted by atomic mass is 16.1. The highest BCUT2D eigenvalue weighted by molar-refractivity contribution is 6.13. The minimum atomic E-state index is -0.548. The maximum atomic E-state index is 14.2. The van der Waals surface area contributed by atoms with Gasteiger partial charge in [-0.2, -0.15) is 0 Å². The van der Waals surface area contributed by atoms with Gasteiger partial charge >= 0.3 is 0 Å². The van der Waals surface area contributed by atoms with Crippen molar-refractivity contribution >= 4 is 22.8 Å². The van der Waals surface area contributed by atoms with Crippen molar-refractivity contribution < 1.29 is 4.79 Å². The minimum absolute atomic E-state index is 0.119. The zero-order valence-corrected chi connectivity index (χ0v) is 29.0. The highest BCUT2D eigenvalue weighted by Crippen LogP contribution is 2.63. The Morgan fingerprint density at radius 3 is 1.68 bits per heavy atom. The van der Waals surface area contributed by atoms with Crippen molar-refractivity contribution in [1.82, 2.24) is 0 Å². The molecule has 3 aliphatic rings. The predicted molar refractivity (Wildman–Crippen MR) is 216 cm³/mol. The lowest BCUT2D eigenvalue weighted by Gasteiger charge is -2.32. The zero-order chi connectivity index (χ0) is 35.1. The third-order valence-electron chi connectivity index (χ3n) is 11.7. The summed E-state index contributed by atoms with van der Waals surface area (Å²) in [5.41, 5.74) is 18.9. The average Bonchev–Trinajstić information content (AvgIpc) is 3.68. The molecule has 11 rings (SSSR count). The second-order valence-electron chi connectivity index (χ2n) is 14.4. The van der Waals surface area contributed by atoms with Gasteiger partial charge in [-0.1, -0.05) is 140 Å². The van der Waals surface area contributed by atoms with Crippen molar-refractivity contribution in [2.75, 3.05) is 4.90 Å². The van der Waals surface area contributed by atoms with E-state index in [-0.39, 0.29) is 5.78 Å². The standard InChI is InChI=1S/C51H33NO/c53-50-40-21-8-7-16-35(40)28-36-30-44-41-22-9-11-24-46(41)51(49(44)32-43(36)50)47-25-12-10-23-42(47)45-31-39(26-27-48(45)51)52(37-18-5-2-6-19-37)38-20-13-17-34(29-38)33-14-3-1-4-15-33/h1-27,29-32H,28H2. The number of carbonyl (C=O) groups excluding carboxylic acids is 1. The fourth-order valence-electron chi connectivity index (χ4n) is 9.44. The minimum Gasteiger partial charge on any atom is -0.310 e. The number of benzene rings is 8. The monoisotopic (exact) mass is 675 g/mol. The number of hydrogen-bond donors (Lipinski definition) is 0. The van der Waals surface area contributed by atoms with E-state index in [0.29, 0.717) is 0 Å². The second kappa shape index (κ2) is 11.4. The van der Waals surface area contributed by atoms with Crippen LogP contribution in [-0.2, 0) is 11.8 Å². The molecule has 1 spiro atoms. The van der Waals surface area contributed by atoms with Gasteiger partial charge in [0.05, 0.1) is 5.41 Å². The lowest BCUT2D eigenvalue weighted by molar-refractivity contribution is 0.103. The molecule has 2 nitrogen and oxygen atoms in total. The topological polar surface area (TPSA) is 20.3 Å². The first-order valence-electron chi connectivity index (χ1n) is 18.3. The van der Waals surface area contributed by atoms with Crippen molar-refractivity contribution in [3.05, 3.63) is 233 Å². The number of fused-ring (bicyclic) bond motifs is 12. The first kappa shape index (κ1) is 29.9. The Morgan fingerprint density at radius 2 is 0.925 bits per heavy atom. The summed E-state index contributed by atoms with van der Waals surface area (Å²) in [6.45, 7) is 0. The van der Waals surface area contributed by atoms with Crippen LogP contribution in [0.15, 0.2) is 188 Å². The maximum absolute atomic E-state index is 14.2. The smallest absolute Gasteiger partial charge is 0.193 e. The van der Waals surface area contributed by atoms with E-state index in [0.717, 1.165) is 45.7 Å². The summed E-state index contributed by atoms with van der Waals surface area (Å²) in [6.07, 6.45) is 0.761. The van der Waals surface area contributed by atoms with Crippen molar-refractivity contribution in [3.8, 4) is 33.4 Å². The molecule has 0 saturated heterocycles. The Kier molecular flexibility index (Phi) is 6.41. The Hall–Kier alpha value is -6.77. The van der Waals surface area contributed by atoms with Crippen molar-refractivity contribution in [1.29, 1.82) is 0 Å². The van der Waals surface area contributed by atoms with Crippen LogP contribution in [0.25, 0.3) is 33.4 Å². The number of anilines is 3. The van der Waals surface area contributed by atoms with E-state index < -0.39 is 5.41 Å². The molecule has 0 bridgehead atoms. The van der Waals surface area contributed by atoms with Crippen molar-refractivity contribution in [2.45, 2.75) is 11.8 Å². The second-order valence-corrected chi connectivity index (χ2v) is 14.4. The largest absolute Gasteiger partial charge is 0.310 e. The molecule has 1 unspecified atom stereocenters. The molecule has 0 aromatic heterocycles. The normalized spacial score (nSPS) is 15.6. The first-order chi connectivity index (χ1) is 26.2. The van der Waals surface area contributed by atoms with Crippen LogP contribution in [0.4, 0.5) is 17.1 Å². The third kappa shape index (κ3) is 4.24. The molecule has 0 amide bonds. The third-order valence-corrected chi connectivity index (χ3v) is 11.7. The number of nitrogens with zero attached hydrogens (tertiary/aromatic N) is 1. The molecular formula is C51H33NO. The lowest BCUT2D eigenvalue weighted by atomic mass is 9.69. The summed E-state index contributed by atoms with van der Waals surface area (Å²) in [5.74, 6) is 0.119. The van der Waals surface area contributed by atoms with Gasteiger partial charge in [-0.15, -0.1) is 0 Å². The van der Waals surface area contributed by atoms with Gasteiger partial charge in [-0.05, 0) is 122 Å². The fraction of sp³-hybridized carbons (Fsp3) is 0.0392. The van der Waals surface area contributed by atoms with Crippen LogP contribution in [0.3, 0.4) is 0 Å². The molecule has 8 aromatic carbocycles. The molecule has 0 saturated carbocycles. The predicted octanol–water partition coefficient (Wildman–Crippen LogP) is 12.3. The first-order valence-corrected chi connectivity index (χ1v) is 18.3. The molecule has 3 aliphatic carbocycles. The molecule has 0 fully saturated rings. The van der Waals surface area contributed by atoms with Crippen LogP contribution < -0.4 is 4.90 Å². The van der Waals surface area contributed by atoms with Gasteiger partial charge in [-0.25, -0.2) is 0 Å². The van der Waals surface area contributed by atoms with E-state index in [1.54, 1.807) is 0 Å². The Labute approximate surface area is 309 Å². The molecule has 8 aromatic rings. The molecular weight excluding hydrogens is 643 g/mol. The molecule has 0 aliphatic heterocycles. The van der Waals surface area contributed by atoms with Crippen LogP contribution >= 0.6 is 0 Å². The number of rotatable bonds is 4. The van der Waals surface area contributed by atoms with Crippen molar-refractivity contribution in [3.63, 3.8) is 0 Å². The van der Waals surface area contributed by atoms with Crippen molar-refractivity contribution in [2.24, 2.45) is 0 Å². The molecule has 0 radical (unpaired) electrons. The Bertz CT molecular complexity index is 2780. The van der Waals surface area contributed by atoms with E-state index in [1.807, 2.05) is 18.2 Å². The summed E-state index contributed by atoms with van der Waals surface area (Å²) in [6, 6.07) is 67.5. The van der Waals surface area contributed by atoms with Crippen LogP contribution in [0.5, 0.6) is 0 Å². The maximum Gasteiger partial charge on any atom is 0.193 e. The molecule has 53 heavy (non-hydrogen) atoms. The summed E-state index contributed by atoms with van der Waals surface area (Å²) in [7, 11) is 0. The van der Waals surface area contributed by atoms with Gasteiger partial charge in [0.1, 0.15) is 0 Å². The van der Waals surface area contributed by atoms with E-state index in [4.69, 9.17) is 0 Å². The molecule has 248 valence electrons. The number of para-hydroxylation sites is 1. The van der Waals surface area contributed by atoms with Gasteiger partial charge in [-0.3, -0.25) is 4.79 Å². The molecule has 1 atom stereocenters. The summed E-state index contributed by atoms with van der Waals surface area (Å²) >= 11 is 0. The lowest BCUT2D eigenvalue weighted by Crippen LogP contribution is -2.27. The zero-order valence-electron chi connectivity index (χ0n) is 29.0. The number of hydrogen-bond acceptors (Lipinski definition) is 2. The number of carbonyl (C=O) groups is 1. The summed E-state index contributed by atoms with van der Waals surface area (Å²) in [5, 5.41) is 0. The van der Waals surface area contributed by atoms with E-state index in [9.17, 15) is 4.79 Å². The van der Waals surface area contributed by atoms with E-state index >= 15 is 0 Å². The van der Waals surface area contributed by atoms with Gasteiger partial charge in [0.2, 0.25) is 0 Å². The Morgan fingerprint density at radius 1 is 0.358 bits per heavy atom. The van der Waals surface area contributed by atoms with Crippen LogP contribution in [-0.4, -0.2) is 5.78 Å². The van der Waals surface area contributed by atoms with Gasteiger partial charge < -0.3 is 4.90 Å². The summed E-state index contributed by atoms with van der Waals surface area (Å²) in [4.78, 5) is 16.5. The summed E-state index contributed by atoms with van der Waals surface area (Å²) < 4.78 is 0. The van der Waals surface area contributed by atoms with Gasteiger partial charge in [0, 0.05) is 28.2 Å². The van der Waals surface area contributed by atoms with Crippen LogP contribution in [0.2, 0.25) is 0 Å². The van der Waals surface area contributed by atoms with Gasteiger partial charge in [0.15, 0.2) is 5.78 Å². The molecule has 0 N–H and O–H groups in total. The number of ketones is 1. The van der Waals surface area contributed by atoms with Gasteiger partial charge in [0.25, 0.3) is 0 Å². The Balaban J connectivity index is 1.14. The van der Waals surface area contributed by atoms with Crippen LogP contribution in [0.1, 0.15) is 49.3 Å². The average molecular weight is 676 g/mol. The fourth-order valence-corrected chi connectivity index (χ4v) is 9.44. The van der Waals surface area contributed by atoms with E-state index in [1.165, 1.54) is 55.6 Å². The molecule has 0 heterocycles.